The first kappa shape index (κ1) is 11.7. The zero-order chi connectivity index (χ0) is 9.78. The van der Waals surface area contributed by atoms with E-state index in [4.69, 9.17) is 5.73 Å². The summed E-state index contributed by atoms with van der Waals surface area (Å²) in [7, 11) is 0. The van der Waals surface area contributed by atoms with Crippen LogP contribution in [0.5, 0.6) is 0 Å². The molecule has 0 bridgehead atoms. The van der Waals surface area contributed by atoms with Crippen LogP contribution in [0.3, 0.4) is 0 Å². The SMILES string of the molecule is C=CC(N)=C(C=NI)C(C)(C)C. The first-order valence-corrected chi connectivity index (χ1v) is 4.67. The Balaban J connectivity index is 5.05. The second-order valence-corrected chi connectivity index (χ2v) is 4.11. The van der Waals surface area contributed by atoms with Crippen molar-refractivity contribution in [3.05, 3.63) is 23.9 Å². The van der Waals surface area contributed by atoms with Crippen molar-refractivity contribution in [2.75, 3.05) is 0 Å². The maximum Gasteiger partial charge on any atom is 0.0831 e. The summed E-state index contributed by atoms with van der Waals surface area (Å²) in [6.07, 6.45) is 3.43. The van der Waals surface area contributed by atoms with Crippen LogP contribution in [0.1, 0.15) is 20.8 Å². The lowest BCUT2D eigenvalue weighted by Crippen LogP contribution is -2.15. The Morgan fingerprint density at radius 2 is 2.00 bits per heavy atom. The van der Waals surface area contributed by atoms with E-state index >= 15 is 0 Å². The van der Waals surface area contributed by atoms with Crippen LogP contribution in [0, 0.1) is 5.41 Å². The molecule has 0 heterocycles. The van der Waals surface area contributed by atoms with Crippen LogP contribution < -0.4 is 5.73 Å². The Morgan fingerprint density at radius 3 is 2.25 bits per heavy atom. The molecule has 0 aromatic rings. The molecule has 0 aliphatic carbocycles. The first-order valence-electron chi connectivity index (χ1n) is 3.70. The summed E-state index contributed by atoms with van der Waals surface area (Å²) in [5.74, 6) is 0. The first-order chi connectivity index (χ1) is 5.43. The number of hydrogen-bond donors (Lipinski definition) is 1. The van der Waals surface area contributed by atoms with Crippen molar-refractivity contribution in [2.24, 2.45) is 14.4 Å². The number of rotatable bonds is 2. The fraction of sp³-hybridized carbons (Fsp3) is 0.444. The highest BCUT2D eigenvalue weighted by molar-refractivity contribution is 14.1. The number of halogens is 1. The molecule has 0 atom stereocenters. The molecule has 0 radical (unpaired) electrons. The van der Waals surface area contributed by atoms with Gasteiger partial charge in [-0.15, -0.1) is 0 Å². The van der Waals surface area contributed by atoms with Gasteiger partial charge in [0.2, 0.25) is 0 Å². The molecule has 0 fully saturated rings. The Kier molecular flexibility index (Phi) is 4.52. The minimum Gasteiger partial charge on any atom is -0.398 e. The standard InChI is InChI=1S/C9H15IN2/c1-5-8(11)7(6-12-10)9(2,3)4/h5-6H,1,11H2,2-4H3. The highest BCUT2D eigenvalue weighted by Crippen LogP contribution is 2.25. The van der Waals surface area contributed by atoms with Crippen molar-refractivity contribution in [3.63, 3.8) is 0 Å². The Labute approximate surface area is 88.1 Å². The van der Waals surface area contributed by atoms with Crippen molar-refractivity contribution in [1.82, 2.24) is 0 Å². The summed E-state index contributed by atoms with van der Waals surface area (Å²) >= 11 is 1.94. The van der Waals surface area contributed by atoms with Crippen LogP contribution in [0.2, 0.25) is 0 Å². The van der Waals surface area contributed by atoms with Crippen LogP contribution in [-0.4, -0.2) is 6.21 Å². The predicted octanol–water partition coefficient (Wildman–Crippen LogP) is 2.85. The van der Waals surface area contributed by atoms with E-state index in [1.165, 1.54) is 0 Å². The molecule has 0 amide bonds. The van der Waals surface area contributed by atoms with Gasteiger partial charge in [-0.05, 0) is 17.1 Å². The molecule has 2 N–H and O–H groups in total. The van der Waals surface area contributed by atoms with Gasteiger partial charge >= 0.3 is 0 Å². The molecule has 0 spiro atoms. The highest BCUT2D eigenvalue weighted by atomic mass is 127. The third-order valence-corrected chi connectivity index (χ3v) is 1.80. The van der Waals surface area contributed by atoms with E-state index in [1.807, 2.05) is 22.9 Å². The molecular weight excluding hydrogens is 263 g/mol. The van der Waals surface area contributed by atoms with Crippen molar-refractivity contribution in [2.45, 2.75) is 20.8 Å². The van der Waals surface area contributed by atoms with E-state index in [2.05, 4.69) is 30.6 Å². The summed E-state index contributed by atoms with van der Waals surface area (Å²) in [4.78, 5) is 0. The summed E-state index contributed by atoms with van der Waals surface area (Å²) in [5, 5.41) is 0. The minimum absolute atomic E-state index is 0.0208. The van der Waals surface area contributed by atoms with Gasteiger partial charge in [0.25, 0.3) is 0 Å². The fourth-order valence-electron chi connectivity index (χ4n) is 0.860. The molecule has 68 valence electrons. The van der Waals surface area contributed by atoms with Crippen LogP contribution in [0.4, 0.5) is 0 Å². The second kappa shape index (κ2) is 4.64. The average molecular weight is 278 g/mol. The third-order valence-electron chi connectivity index (χ3n) is 1.52. The zero-order valence-corrected chi connectivity index (χ0v) is 9.92. The van der Waals surface area contributed by atoms with Gasteiger partial charge in [-0.1, -0.05) is 27.4 Å². The molecular formula is C9H15IN2. The predicted molar refractivity (Wildman–Crippen MR) is 63.4 cm³/mol. The van der Waals surface area contributed by atoms with Gasteiger partial charge in [0, 0.05) is 11.9 Å². The van der Waals surface area contributed by atoms with Gasteiger partial charge in [0.1, 0.15) is 0 Å². The van der Waals surface area contributed by atoms with E-state index in [1.54, 1.807) is 12.3 Å². The quantitative estimate of drug-likeness (QED) is 0.471. The molecule has 0 aromatic carbocycles. The second-order valence-electron chi connectivity index (χ2n) is 3.55. The Morgan fingerprint density at radius 1 is 1.50 bits per heavy atom. The molecule has 0 aliphatic heterocycles. The Bertz CT molecular complexity index is 221. The van der Waals surface area contributed by atoms with E-state index in [9.17, 15) is 0 Å². The molecule has 0 unspecified atom stereocenters. The summed E-state index contributed by atoms with van der Waals surface area (Å²) in [6.45, 7) is 9.91. The average Bonchev–Trinajstić information content (AvgIpc) is 1.96. The van der Waals surface area contributed by atoms with E-state index in [-0.39, 0.29) is 5.41 Å². The van der Waals surface area contributed by atoms with Crippen LogP contribution >= 0.6 is 22.9 Å². The maximum atomic E-state index is 5.76. The van der Waals surface area contributed by atoms with Crippen molar-refractivity contribution in [1.29, 1.82) is 0 Å². The van der Waals surface area contributed by atoms with Crippen LogP contribution in [0.15, 0.2) is 27.1 Å². The maximum absolute atomic E-state index is 5.76. The van der Waals surface area contributed by atoms with Crippen molar-refractivity contribution >= 4 is 29.1 Å². The van der Waals surface area contributed by atoms with Crippen molar-refractivity contribution in [3.8, 4) is 0 Å². The minimum atomic E-state index is 0.0208. The summed E-state index contributed by atoms with van der Waals surface area (Å²) in [6, 6.07) is 0. The fourth-order valence-corrected chi connectivity index (χ4v) is 1.14. The molecule has 0 aromatic heterocycles. The van der Waals surface area contributed by atoms with Gasteiger partial charge in [0.15, 0.2) is 0 Å². The zero-order valence-electron chi connectivity index (χ0n) is 7.76. The smallest absolute Gasteiger partial charge is 0.0831 e. The molecule has 0 rings (SSSR count). The lowest BCUT2D eigenvalue weighted by molar-refractivity contribution is 0.523. The largest absolute Gasteiger partial charge is 0.398 e. The number of hydrogen-bond acceptors (Lipinski definition) is 2. The van der Waals surface area contributed by atoms with Crippen molar-refractivity contribution < 1.29 is 0 Å². The van der Waals surface area contributed by atoms with Gasteiger partial charge in [-0.2, -0.15) is 0 Å². The monoisotopic (exact) mass is 278 g/mol. The van der Waals surface area contributed by atoms with Gasteiger partial charge in [0.05, 0.1) is 22.9 Å². The van der Waals surface area contributed by atoms with Gasteiger partial charge in [-0.3, -0.25) is 0 Å². The number of nitrogens with two attached hydrogens (primary N) is 1. The summed E-state index contributed by atoms with van der Waals surface area (Å²) < 4.78 is 3.93. The molecule has 0 saturated carbocycles. The van der Waals surface area contributed by atoms with Crippen LogP contribution in [0.25, 0.3) is 0 Å². The third kappa shape index (κ3) is 3.38. The lowest BCUT2D eigenvalue weighted by atomic mass is 9.86. The van der Waals surface area contributed by atoms with Crippen LogP contribution in [-0.2, 0) is 0 Å². The van der Waals surface area contributed by atoms with E-state index in [0.29, 0.717) is 5.70 Å². The van der Waals surface area contributed by atoms with Gasteiger partial charge in [-0.25, -0.2) is 3.21 Å². The Hall–Kier alpha value is -0.320. The van der Waals surface area contributed by atoms with E-state index in [0.717, 1.165) is 5.57 Å². The molecule has 3 heteroatoms. The van der Waals surface area contributed by atoms with Gasteiger partial charge < -0.3 is 5.73 Å². The lowest BCUT2D eigenvalue weighted by Gasteiger charge is -2.20. The summed E-state index contributed by atoms with van der Waals surface area (Å²) in [5.41, 5.74) is 7.49. The molecule has 0 aliphatic rings. The number of allylic oxidation sites excluding steroid dienone is 2. The topological polar surface area (TPSA) is 38.4 Å². The molecule has 0 saturated heterocycles. The normalized spacial score (nSPS) is 14.7. The number of nitrogens with zero attached hydrogens (tertiary/aromatic N) is 1. The van der Waals surface area contributed by atoms with E-state index < -0.39 is 0 Å². The molecule has 2 nitrogen and oxygen atoms in total. The molecule has 12 heavy (non-hydrogen) atoms. The highest BCUT2D eigenvalue weighted by Gasteiger charge is 2.17.